The van der Waals surface area contributed by atoms with E-state index >= 15 is 0 Å². The van der Waals surface area contributed by atoms with Crippen LogP contribution in [-0.4, -0.2) is 32.4 Å². The van der Waals surface area contributed by atoms with Gasteiger partial charge < -0.3 is 16.4 Å². The van der Waals surface area contributed by atoms with Gasteiger partial charge in [0.2, 0.25) is 0 Å². The number of rotatable bonds is 8. The van der Waals surface area contributed by atoms with Crippen molar-refractivity contribution in [1.29, 1.82) is 0 Å². The molecule has 1 radical (unpaired) electrons. The average molecular weight is 660 g/mol. The van der Waals surface area contributed by atoms with E-state index < -0.39 is 0 Å². The summed E-state index contributed by atoms with van der Waals surface area (Å²) in [6, 6.07) is 31.6. The molecular formula is C38H42N4OY. The van der Waals surface area contributed by atoms with Crippen LogP contribution in [0.1, 0.15) is 36.3 Å². The molecule has 0 saturated heterocycles. The molecular weight excluding hydrogens is 617 g/mol. The maximum atomic E-state index is 9.83. The molecule has 0 saturated carbocycles. The zero-order chi connectivity index (χ0) is 30.0. The number of para-hydroxylation sites is 1. The number of hydroxylamine groups is 1. The quantitative estimate of drug-likeness (QED) is 0.143. The smallest absolute Gasteiger partial charge is 0.0864 e. The van der Waals surface area contributed by atoms with Crippen molar-refractivity contribution in [1.82, 2.24) is 0 Å². The van der Waals surface area contributed by atoms with Gasteiger partial charge >= 0.3 is 0 Å². The molecule has 0 fully saturated rings. The maximum absolute atomic E-state index is 9.83. The molecule has 0 aliphatic heterocycles. The van der Waals surface area contributed by atoms with E-state index in [-0.39, 0.29) is 32.7 Å². The van der Waals surface area contributed by atoms with Crippen molar-refractivity contribution in [2.75, 3.05) is 42.9 Å². The van der Waals surface area contributed by atoms with Gasteiger partial charge in [0.1, 0.15) is 0 Å². The van der Waals surface area contributed by atoms with E-state index in [2.05, 4.69) is 102 Å². The van der Waals surface area contributed by atoms with Gasteiger partial charge in [-0.05, 0) is 88.2 Å². The standard InChI is InChI=1S/C21H25N3O.C17H17N.Y/c1-22-20-13-12-18(14-21(20)24(2)25)17-10-8-16(9-11-17)15-23-19-6-4-3-5-7-19;18-12-16-7-3-4-8-17(16)15-10-9-13-5-1-2-6-14(13)11-15;/h3-10,12-14,17,22-23,25H,11,15H2,1-2H3;1-3,5-7,9-11H,4,8,12,18H2;. The Morgan fingerprint density at radius 3 is 2.39 bits per heavy atom. The molecule has 0 spiro atoms. The molecule has 2 aliphatic carbocycles. The number of fused-ring (bicyclic) bond motifs is 1. The van der Waals surface area contributed by atoms with Gasteiger partial charge in [-0.1, -0.05) is 91.0 Å². The van der Waals surface area contributed by atoms with Gasteiger partial charge in [-0.25, -0.2) is 0 Å². The Morgan fingerprint density at radius 1 is 0.909 bits per heavy atom. The van der Waals surface area contributed by atoms with Crippen LogP contribution in [0.2, 0.25) is 0 Å². The minimum absolute atomic E-state index is 0. The van der Waals surface area contributed by atoms with Gasteiger partial charge in [-0.3, -0.25) is 10.3 Å². The third-order valence-corrected chi connectivity index (χ3v) is 8.10. The van der Waals surface area contributed by atoms with Crippen LogP contribution < -0.4 is 21.4 Å². The summed E-state index contributed by atoms with van der Waals surface area (Å²) < 4.78 is 0. The van der Waals surface area contributed by atoms with Gasteiger partial charge in [0.15, 0.2) is 0 Å². The van der Waals surface area contributed by atoms with E-state index in [1.165, 1.54) is 38.6 Å². The summed E-state index contributed by atoms with van der Waals surface area (Å²) in [5.41, 5.74) is 15.2. The van der Waals surface area contributed by atoms with E-state index in [0.717, 1.165) is 47.9 Å². The Hall–Kier alpha value is -3.48. The third-order valence-electron chi connectivity index (χ3n) is 8.10. The Bertz CT molecular complexity index is 1660. The molecule has 0 bridgehead atoms. The van der Waals surface area contributed by atoms with Gasteiger partial charge in [0, 0.05) is 71.5 Å². The van der Waals surface area contributed by atoms with Crippen molar-refractivity contribution >= 4 is 33.4 Å². The Labute approximate surface area is 287 Å². The van der Waals surface area contributed by atoms with E-state index in [4.69, 9.17) is 5.73 Å². The van der Waals surface area contributed by atoms with Crippen LogP contribution in [0.3, 0.4) is 0 Å². The molecule has 6 rings (SSSR count). The molecule has 1 atom stereocenters. The second-order valence-corrected chi connectivity index (χ2v) is 11.0. The van der Waals surface area contributed by atoms with Crippen LogP contribution in [0.15, 0.2) is 133 Å². The van der Waals surface area contributed by atoms with Crippen molar-refractivity contribution < 1.29 is 37.9 Å². The summed E-state index contributed by atoms with van der Waals surface area (Å²) in [5.74, 6) is 0.338. The van der Waals surface area contributed by atoms with Crippen LogP contribution in [0.25, 0.3) is 16.3 Å². The SMILES string of the molecule is CNc1ccc(C2C=CC(CNc3ccccc3)=CC2)cc1N(C)O.NCC1=C(c2ccc3ccccc3c2)CCC=C1.[Y]. The molecule has 0 aromatic heterocycles. The molecule has 5 N–H and O–H groups in total. The molecule has 4 aromatic carbocycles. The first-order valence-corrected chi connectivity index (χ1v) is 15.0. The predicted molar refractivity (Wildman–Crippen MR) is 184 cm³/mol. The summed E-state index contributed by atoms with van der Waals surface area (Å²) in [6.45, 7) is 1.45. The number of anilines is 3. The molecule has 6 heteroatoms. The maximum Gasteiger partial charge on any atom is 0.0864 e. The second kappa shape index (κ2) is 16.6. The summed E-state index contributed by atoms with van der Waals surface area (Å²) in [6.07, 6.45) is 14.3. The topological polar surface area (TPSA) is 73.5 Å². The summed E-state index contributed by atoms with van der Waals surface area (Å²) >= 11 is 0. The van der Waals surface area contributed by atoms with E-state index in [1.807, 2.05) is 37.4 Å². The molecule has 5 nitrogen and oxygen atoms in total. The number of hydrogen-bond acceptors (Lipinski definition) is 5. The average Bonchev–Trinajstić information content (AvgIpc) is 3.07. The molecule has 4 aromatic rings. The first-order chi connectivity index (χ1) is 21.1. The fraction of sp³-hybridized carbons (Fsp3) is 0.211. The number of allylic oxidation sites excluding steroid dienone is 4. The zero-order valence-electron chi connectivity index (χ0n) is 25.7. The summed E-state index contributed by atoms with van der Waals surface area (Å²) in [5, 5.41) is 20.1. The third kappa shape index (κ3) is 8.58. The normalized spacial score (nSPS) is 15.5. The van der Waals surface area contributed by atoms with Crippen LogP contribution in [0, 0.1) is 0 Å². The minimum Gasteiger partial charge on any atom is -0.386 e. The predicted octanol–water partition coefficient (Wildman–Crippen LogP) is 8.54. The van der Waals surface area contributed by atoms with Crippen LogP contribution >= 0.6 is 0 Å². The molecule has 44 heavy (non-hydrogen) atoms. The Kier molecular flexibility index (Phi) is 12.6. The Balaban J connectivity index is 0.000000206. The second-order valence-electron chi connectivity index (χ2n) is 11.0. The number of nitrogens with zero attached hydrogens (tertiary/aromatic N) is 1. The first-order valence-electron chi connectivity index (χ1n) is 15.0. The van der Waals surface area contributed by atoms with Gasteiger partial charge in [-0.15, -0.1) is 0 Å². The van der Waals surface area contributed by atoms with Crippen LogP contribution in [0.4, 0.5) is 17.1 Å². The van der Waals surface area contributed by atoms with Crippen molar-refractivity contribution in [3.63, 3.8) is 0 Å². The monoisotopic (exact) mass is 659 g/mol. The van der Waals surface area contributed by atoms with E-state index in [9.17, 15) is 5.21 Å². The molecule has 0 amide bonds. The fourth-order valence-corrected chi connectivity index (χ4v) is 5.67. The van der Waals surface area contributed by atoms with Gasteiger partial charge in [-0.2, -0.15) is 0 Å². The number of hydrogen-bond donors (Lipinski definition) is 4. The van der Waals surface area contributed by atoms with Gasteiger partial charge in [0.05, 0.1) is 11.4 Å². The molecule has 2 aliphatic rings. The largest absolute Gasteiger partial charge is 0.386 e. The zero-order valence-corrected chi connectivity index (χ0v) is 28.5. The van der Waals surface area contributed by atoms with E-state index in [1.54, 1.807) is 7.05 Å². The number of nitrogens with two attached hydrogens (primary N) is 1. The molecule has 223 valence electrons. The van der Waals surface area contributed by atoms with Crippen molar-refractivity contribution in [3.8, 4) is 0 Å². The van der Waals surface area contributed by atoms with Crippen LogP contribution in [-0.2, 0) is 32.7 Å². The van der Waals surface area contributed by atoms with Crippen molar-refractivity contribution in [2.24, 2.45) is 5.73 Å². The first kappa shape index (κ1) is 33.4. The fourth-order valence-electron chi connectivity index (χ4n) is 5.67. The summed E-state index contributed by atoms with van der Waals surface area (Å²) in [7, 11) is 3.50. The van der Waals surface area contributed by atoms with Crippen molar-refractivity contribution in [2.45, 2.75) is 25.2 Å². The molecule has 0 heterocycles. The molecule has 1 unspecified atom stereocenters. The minimum atomic E-state index is 0. The number of benzene rings is 4. The van der Waals surface area contributed by atoms with Gasteiger partial charge in [0.25, 0.3) is 0 Å². The Morgan fingerprint density at radius 2 is 1.68 bits per heavy atom. The van der Waals surface area contributed by atoms with E-state index in [0.29, 0.717) is 12.5 Å². The summed E-state index contributed by atoms with van der Waals surface area (Å²) in [4.78, 5) is 0. The van der Waals surface area contributed by atoms with Crippen molar-refractivity contribution in [3.05, 3.63) is 144 Å². The number of nitrogens with one attached hydrogen (secondary N) is 2. The van der Waals surface area contributed by atoms with Crippen LogP contribution in [0.5, 0.6) is 0 Å².